The van der Waals surface area contributed by atoms with Crippen LogP contribution >= 0.6 is 15.9 Å². The van der Waals surface area contributed by atoms with E-state index in [0.717, 1.165) is 0 Å². The monoisotopic (exact) mass is 450 g/mol. The van der Waals surface area contributed by atoms with E-state index in [1.54, 1.807) is 26.1 Å². The van der Waals surface area contributed by atoms with Crippen LogP contribution in [-0.2, 0) is 10.0 Å². The number of hydrogen-bond acceptors (Lipinski definition) is 6. The molecule has 2 heterocycles. The Balaban J connectivity index is 1.74. The molecule has 0 aliphatic rings. The van der Waals surface area contributed by atoms with Gasteiger partial charge in [0.05, 0.1) is 16.2 Å². The molecule has 27 heavy (non-hydrogen) atoms. The van der Waals surface area contributed by atoms with Gasteiger partial charge in [-0.15, -0.1) is 0 Å². The minimum absolute atomic E-state index is 0.0260. The highest BCUT2D eigenvalue weighted by Crippen LogP contribution is 2.22. The van der Waals surface area contributed by atoms with Crippen molar-refractivity contribution in [2.45, 2.75) is 18.7 Å². The Morgan fingerprint density at radius 1 is 1.15 bits per heavy atom. The summed E-state index contributed by atoms with van der Waals surface area (Å²) in [5, 5.41) is 6.40. The van der Waals surface area contributed by atoms with Crippen molar-refractivity contribution in [1.82, 2.24) is 10.1 Å². The van der Waals surface area contributed by atoms with E-state index in [1.807, 2.05) is 0 Å². The van der Waals surface area contributed by atoms with Crippen LogP contribution in [0.3, 0.4) is 0 Å². The maximum atomic E-state index is 12.5. The largest absolute Gasteiger partial charge is 0.337 e. The van der Waals surface area contributed by atoms with Gasteiger partial charge in [-0.2, -0.15) is 0 Å². The number of aromatic nitrogens is 2. The standard InChI is InChI=1S/C17H15BrN4O4S/c1-10-11(2)21-26-17(10)22-27(24,25)15-5-3-14(4-6-15)20-16(23)12-7-13(18)9-19-8-12/h3-9,22H,1-2H3,(H,20,23). The number of sulfonamides is 1. The maximum absolute atomic E-state index is 12.5. The van der Waals surface area contributed by atoms with Crippen molar-refractivity contribution in [2.75, 3.05) is 10.0 Å². The average molecular weight is 451 g/mol. The van der Waals surface area contributed by atoms with Crippen molar-refractivity contribution in [3.8, 4) is 0 Å². The van der Waals surface area contributed by atoms with Gasteiger partial charge in [0.25, 0.3) is 15.9 Å². The van der Waals surface area contributed by atoms with Gasteiger partial charge in [-0.25, -0.2) is 13.1 Å². The highest BCUT2D eigenvalue weighted by atomic mass is 79.9. The van der Waals surface area contributed by atoms with E-state index in [0.29, 0.717) is 27.0 Å². The lowest BCUT2D eigenvalue weighted by atomic mass is 10.2. The number of benzene rings is 1. The predicted octanol–water partition coefficient (Wildman–Crippen LogP) is 3.50. The summed E-state index contributed by atoms with van der Waals surface area (Å²) in [7, 11) is -3.84. The molecule has 0 atom stereocenters. The molecule has 140 valence electrons. The van der Waals surface area contributed by atoms with Crippen molar-refractivity contribution >= 4 is 43.4 Å². The van der Waals surface area contributed by atoms with Gasteiger partial charge < -0.3 is 9.84 Å². The molecule has 0 bridgehead atoms. The molecule has 0 fully saturated rings. The lowest BCUT2D eigenvalue weighted by Gasteiger charge is -2.08. The molecular weight excluding hydrogens is 436 g/mol. The van der Waals surface area contributed by atoms with Gasteiger partial charge in [0, 0.05) is 28.1 Å². The fraction of sp³-hybridized carbons (Fsp3) is 0.118. The number of carbonyl (C=O) groups is 1. The zero-order valence-corrected chi connectivity index (χ0v) is 16.8. The number of amides is 1. The molecule has 0 unspecified atom stereocenters. The molecule has 1 amide bonds. The number of anilines is 2. The van der Waals surface area contributed by atoms with Crippen LogP contribution in [0.15, 0.2) is 56.6 Å². The summed E-state index contributed by atoms with van der Waals surface area (Å²) in [5.41, 5.74) is 2.04. The SMILES string of the molecule is Cc1noc(NS(=O)(=O)c2ccc(NC(=O)c3cncc(Br)c3)cc2)c1C. The molecule has 2 aromatic heterocycles. The summed E-state index contributed by atoms with van der Waals surface area (Å²) in [5.74, 6) is -0.280. The van der Waals surface area contributed by atoms with Crippen LogP contribution in [0, 0.1) is 13.8 Å². The molecule has 0 aliphatic heterocycles. The fourth-order valence-electron chi connectivity index (χ4n) is 2.15. The minimum Gasteiger partial charge on any atom is -0.337 e. The van der Waals surface area contributed by atoms with E-state index in [2.05, 4.69) is 36.1 Å². The Bertz CT molecular complexity index is 1090. The highest BCUT2D eigenvalue weighted by Gasteiger charge is 2.19. The Morgan fingerprint density at radius 3 is 2.44 bits per heavy atom. The van der Waals surface area contributed by atoms with Crippen molar-refractivity contribution in [1.29, 1.82) is 0 Å². The summed E-state index contributed by atoms with van der Waals surface area (Å²) in [4.78, 5) is 16.2. The van der Waals surface area contributed by atoms with Crippen LogP contribution in [-0.4, -0.2) is 24.5 Å². The van der Waals surface area contributed by atoms with Crippen LogP contribution in [0.5, 0.6) is 0 Å². The summed E-state index contributed by atoms with van der Waals surface area (Å²) >= 11 is 3.25. The Morgan fingerprint density at radius 2 is 1.85 bits per heavy atom. The van der Waals surface area contributed by atoms with Gasteiger partial charge in [-0.3, -0.25) is 9.78 Å². The first kappa shape index (κ1) is 19.1. The molecule has 0 aliphatic carbocycles. The van der Waals surface area contributed by atoms with Crippen molar-refractivity contribution < 1.29 is 17.7 Å². The fourth-order valence-corrected chi connectivity index (χ4v) is 3.56. The molecule has 2 N–H and O–H groups in total. The van der Waals surface area contributed by atoms with E-state index in [9.17, 15) is 13.2 Å². The second-order valence-corrected chi connectivity index (χ2v) is 8.30. The van der Waals surface area contributed by atoms with Crippen LogP contribution < -0.4 is 10.0 Å². The third kappa shape index (κ3) is 4.34. The van der Waals surface area contributed by atoms with Gasteiger partial charge >= 0.3 is 0 Å². The Kier molecular flexibility index (Phi) is 5.29. The van der Waals surface area contributed by atoms with Gasteiger partial charge in [0.1, 0.15) is 0 Å². The maximum Gasteiger partial charge on any atom is 0.264 e. The third-order valence-corrected chi connectivity index (χ3v) is 5.55. The predicted molar refractivity (Wildman–Crippen MR) is 103 cm³/mol. The van der Waals surface area contributed by atoms with Crippen LogP contribution in [0.2, 0.25) is 0 Å². The Labute approximate surface area is 164 Å². The van der Waals surface area contributed by atoms with Crippen molar-refractivity contribution in [3.05, 3.63) is 64.0 Å². The summed E-state index contributed by atoms with van der Waals surface area (Å²) in [6.45, 7) is 3.42. The Hall–Kier alpha value is -2.72. The number of hydrogen-bond donors (Lipinski definition) is 2. The van der Waals surface area contributed by atoms with Crippen LogP contribution in [0.25, 0.3) is 0 Å². The number of carbonyl (C=O) groups excluding carboxylic acids is 1. The smallest absolute Gasteiger partial charge is 0.264 e. The third-order valence-electron chi connectivity index (χ3n) is 3.77. The van der Waals surface area contributed by atoms with Gasteiger partial charge in [0.2, 0.25) is 5.88 Å². The first-order chi connectivity index (χ1) is 12.8. The molecule has 1 aromatic carbocycles. The molecule has 0 radical (unpaired) electrons. The van der Waals surface area contributed by atoms with E-state index < -0.39 is 10.0 Å². The lowest BCUT2D eigenvalue weighted by Crippen LogP contribution is -2.14. The van der Waals surface area contributed by atoms with Gasteiger partial charge in [-0.05, 0) is 60.1 Å². The molecular formula is C17H15BrN4O4S. The first-order valence-electron chi connectivity index (χ1n) is 7.74. The quantitative estimate of drug-likeness (QED) is 0.614. The highest BCUT2D eigenvalue weighted by molar-refractivity contribution is 9.10. The first-order valence-corrected chi connectivity index (χ1v) is 10.0. The number of pyridine rings is 1. The molecule has 0 saturated heterocycles. The molecule has 0 saturated carbocycles. The summed E-state index contributed by atoms with van der Waals surface area (Å²) < 4.78 is 32.9. The minimum atomic E-state index is -3.84. The van der Waals surface area contributed by atoms with E-state index in [-0.39, 0.29) is 16.7 Å². The molecule has 3 rings (SSSR count). The zero-order valence-electron chi connectivity index (χ0n) is 14.4. The topological polar surface area (TPSA) is 114 Å². The van der Waals surface area contributed by atoms with Crippen molar-refractivity contribution in [2.24, 2.45) is 0 Å². The number of aryl methyl sites for hydroxylation is 1. The van der Waals surface area contributed by atoms with Crippen LogP contribution in [0.4, 0.5) is 11.6 Å². The molecule has 3 aromatic rings. The number of nitrogens with zero attached hydrogens (tertiary/aromatic N) is 2. The second-order valence-electron chi connectivity index (χ2n) is 5.70. The van der Waals surface area contributed by atoms with Crippen molar-refractivity contribution in [3.63, 3.8) is 0 Å². The zero-order chi connectivity index (χ0) is 19.6. The second kappa shape index (κ2) is 7.49. The van der Waals surface area contributed by atoms with Gasteiger partial charge in [-0.1, -0.05) is 5.16 Å². The van der Waals surface area contributed by atoms with E-state index in [4.69, 9.17) is 4.52 Å². The average Bonchev–Trinajstić information content (AvgIpc) is 2.94. The van der Waals surface area contributed by atoms with E-state index >= 15 is 0 Å². The van der Waals surface area contributed by atoms with Crippen LogP contribution in [0.1, 0.15) is 21.6 Å². The summed E-state index contributed by atoms with van der Waals surface area (Å²) in [6.07, 6.45) is 3.01. The van der Waals surface area contributed by atoms with E-state index in [1.165, 1.54) is 30.5 Å². The number of rotatable bonds is 5. The molecule has 10 heteroatoms. The number of halogens is 1. The molecule has 8 nitrogen and oxygen atoms in total. The lowest BCUT2D eigenvalue weighted by molar-refractivity contribution is 0.102. The van der Waals surface area contributed by atoms with Gasteiger partial charge in [0.15, 0.2) is 0 Å². The summed E-state index contributed by atoms with van der Waals surface area (Å²) in [6, 6.07) is 7.39. The normalized spacial score (nSPS) is 11.2. The molecule has 0 spiro atoms. The number of nitrogens with one attached hydrogen (secondary N) is 2.